The Morgan fingerprint density at radius 2 is 2.15 bits per heavy atom. The molecule has 13 heavy (non-hydrogen) atoms. The molecule has 1 heterocycles. The number of hydrazine groups is 1. The van der Waals surface area contributed by atoms with Crippen LogP contribution in [0, 0.1) is 0 Å². The van der Waals surface area contributed by atoms with E-state index >= 15 is 0 Å². The predicted molar refractivity (Wildman–Crippen MR) is 55.0 cm³/mol. The van der Waals surface area contributed by atoms with E-state index in [1.165, 1.54) is 6.33 Å². The van der Waals surface area contributed by atoms with E-state index in [1.807, 2.05) is 18.2 Å². The molecule has 0 bridgehead atoms. The number of nitrogen functional groups attached to an aromatic ring is 1. The van der Waals surface area contributed by atoms with E-state index in [0.29, 0.717) is 5.82 Å². The summed E-state index contributed by atoms with van der Waals surface area (Å²) < 4.78 is 0.929. The minimum Gasteiger partial charge on any atom is -0.308 e. The molecule has 0 aliphatic rings. The molecular weight excluding hydrogens is 232 g/mol. The largest absolute Gasteiger partial charge is 0.308 e. The minimum atomic E-state index is 0.623. The quantitative estimate of drug-likeness (QED) is 0.587. The summed E-state index contributed by atoms with van der Waals surface area (Å²) in [5, 5.41) is 0.896. The molecule has 1 aromatic carbocycles. The van der Waals surface area contributed by atoms with Crippen LogP contribution in [0.5, 0.6) is 0 Å². The maximum absolute atomic E-state index is 5.32. The first kappa shape index (κ1) is 8.40. The van der Waals surface area contributed by atoms with Crippen molar-refractivity contribution >= 4 is 32.7 Å². The highest BCUT2D eigenvalue weighted by Gasteiger charge is 2.04. The third-order valence-electron chi connectivity index (χ3n) is 1.75. The number of rotatable bonds is 1. The molecule has 0 aliphatic carbocycles. The number of nitrogens with zero attached hydrogens (tertiary/aromatic N) is 2. The first-order valence-corrected chi connectivity index (χ1v) is 4.48. The van der Waals surface area contributed by atoms with Gasteiger partial charge in [-0.2, -0.15) is 0 Å². The first-order chi connectivity index (χ1) is 6.33. The van der Waals surface area contributed by atoms with Crippen LogP contribution >= 0.6 is 15.9 Å². The molecule has 1 aromatic heterocycles. The monoisotopic (exact) mass is 238 g/mol. The smallest absolute Gasteiger partial charge is 0.152 e. The number of hydrogen-bond donors (Lipinski definition) is 2. The average molecular weight is 239 g/mol. The van der Waals surface area contributed by atoms with Crippen LogP contribution in [0.1, 0.15) is 0 Å². The van der Waals surface area contributed by atoms with Crippen LogP contribution in [0.2, 0.25) is 0 Å². The van der Waals surface area contributed by atoms with Gasteiger partial charge in [0.15, 0.2) is 5.82 Å². The van der Waals surface area contributed by atoms with E-state index in [0.717, 1.165) is 15.4 Å². The Kier molecular flexibility index (Phi) is 2.12. The van der Waals surface area contributed by atoms with Gasteiger partial charge in [0.2, 0.25) is 0 Å². The Balaban J connectivity index is 2.87. The predicted octanol–water partition coefficient (Wildman–Crippen LogP) is 1.68. The topological polar surface area (TPSA) is 63.8 Å². The molecule has 0 radical (unpaired) electrons. The average Bonchev–Trinajstić information content (AvgIpc) is 2.17. The molecular formula is C8H7BrN4. The SMILES string of the molecule is NNc1ncnc2cccc(Br)c12. The molecule has 5 heteroatoms. The van der Waals surface area contributed by atoms with Gasteiger partial charge < -0.3 is 5.43 Å². The summed E-state index contributed by atoms with van der Waals surface area (Å²) in [5.74, 6) is 5.95. The van der Waals surface area contributed by atoms with Crippen molar-refractivity contribution in [3.63, 3.8) is 0 Å². The summed E-state index contributed by atoms with van der Waals surface area (Å²) in [4.78, 5) is 8.12. The lowest BCUT2D eigenvalue weighted by atomic mass is 10.2. The van der Waals surface area contributed by atoms with Gasteiger partial charge in [0.1, 0.15) is 6.33 Å². The van der Waals surface area contributed by atoms with Crippen molar-refractivity contribution in [2.45, 2.75) is 0 Å². The Hall–Kier alpha value is -1.20. The maximum Gasteiger partial charge on any atom is 0.152 e. The van der Waals surface area contributed by atoms with Crippen LogP contribution in [0.4, 0.5) is 5.82 Å². The summed E-state index contributed by atoms with van der Waals surface area (Å²) >= 11 is 3.41. The maximum atomic E-state index is 5.32. The number of nitrogens with two attached hydrogens (primary N) is 1. The van der Waals surface area contributed by atoms with Gasteiger partial charge in [-0.25, -0.2) is 15.8 Å². The highest BCUT2D eigenvalue weighted by Crippen LogP contribution is 2.26. The molecule has 4 nitrogen and oxygen atoms in total. The van der Waals surface area contributed by atoms with Gasteiger partial charge in [-0.3, -0.25) is 0 Å². The third-order valence-corrected chi connectivity index (χ3v) is 2.41. The third kappa shape index (κ3) is 1.36. The number of nitrogens with one attached hydrogen (secondary N) is 1. The van der Waals surface area contributed by atoms with E-state index in [4.69, 9.17) is 5.84 Å². The minimum absolute atomic E-state index is 0.623. The molecule has 2 aromatic rings. The normalized spacial score (nSPS) is 10.3. The van der Waals surface area contributed by atoms with Gasteiger partial charge >= 0.3 is 0 Å². The fourth-order valence-corrected chi connectivity index (χ4v) is 1.72. The standard InChI is InChI=1S/C8H7BrN4/c9-5-2-1-3-6-7(5)8(13-10)12-4-11-6/h1-4H,10H2,(H,11,12,13). The summed E-state index contributed by atoms with van der Waals surface area (Å²) in [6, 6.07) is 5.74. The van der Waals surface area contributed by atoms with Gasteiger partial charge in [-0.15, -0.1) is 0 Å². The lowest BCUT2D eigenvalue weighted by Crippen LogP contribution is -2.09. The van der Waals surface area contributed by atoms with Crippen molar-refractivity contribution in [2.24, 2.45) is 5.84 Å². The summed E-state index contributed by atoms with van der Waals surface area (Å²) in [7, 11) is 0. The molecule has 0 fully saturated rings. The Labute approximate surface area is 83.3 Å². The molecule has 0 atom stereocenters. The van der Waals surface area contributed by atoms with Crippen LogP contribution in [0.15, 0.2) is 29.0 Å². The summed E-state index contributed by atoms with van der Waals surface area (Å²) in [5.41, 5.74) is 3.39. The van der Waals surface area contributed by atoms with Crippen LogP contribution < -0.4 is 11.3 Å². The number of fused-ring (bicyclic) bond motifs is 1. The van der Waals surface area contributed by atoms with Crippen LogP contribution in [0.25, 0.3) is 10.9 Å². The summed E-state index contributed by atoms with van der Waals surface area (Å²) in [6.45, 7) is 0. The summed E-state index contributed by atoms with van der Waals surface area (Å²) in [6.07, 6.45) is 1.48. The van der Waals surface area contributed by atoms with Gasteiger partial charge in [-0.1, -0.05) is 6.07 Å². The molecule has 3 N–H and O–H groups in total. The molecule has 2 rings (SSSR count). The zero-order chi connectivity index (χ0) is 9.26. The second kappa shape index (κ2) is 3.27. The Bertz CT molecular complexity index is 438. The van der Waals surface area contributed by atoms with Crippen molar-refractivity contribution in [1.82, 2.24) is 9.97 Å². The number of halogens is 1. The molecule has 66 valence electrons. The van der Waals surface area contributed by atoms with E-state index in [2.05, 4.69) is 31.3 Å². The number of anilines is 1. The van der Waals surface area contributed by atoms with Crippen LogP contribution in [0.3, 0.4) is 0 Å². The van der Waals surface area contributed by atoms with E-state index in [9.17, 15) is 0 Å². The van der Waals surface area contributed by atoms with E-state index in [-0.39, 0.29) is 0 Å². The van der Waals surface area contributed by atoms with Crippen molar-refractivity contribution < 1.29 is 0 Å². The first-order valence-electron chi connectivity index (χ1n) is 3.69. The fraction of sp³-hybridized carbons (Fsp3) is 0. The molecule has 0 amide bonds. The van der Waals surface area contributed by atoms with Gasteiger partial charge in [0.05, 0.1) is 10.9 Å². The fourth-order valence-electron chi connectivity index (χ4n) is 1.18. The van der Waals surface area contributed by atoms with Gasteiger partial charge in [-0.05, 0) is 28.1 Å². The number of benzene rings is 1. The highest BCUT2D eigenvalue weighted by molar-refractivity contribution is 9.10. The van der Waals surface area contributed by atoms with Crippen molar-refractivity contribution in [3.8, 4) is 0 Å². The van der Waals surface area contributed by atoms with Crippen molar-refractivity contribution in [1.29, 1.82) is 0 Å². The zero-order valence-electron chi connectivity index (χ0n) is 6.66. The van der Waals surface area contributed by atoms with Gasteiger partial charge in [0.25, 0.3) is 0 Å². The molecule has 0 saturated heterocycles. The number of hydrogen-bond acceptors (Lipinski definition) is 4. The Morgan fingerprint density at radius 1 is 1.31 bits per heavy atom. The van der Waals surface area contributed by atoms with Gasteiger partial charge in [0, 0.05) is 4.47 Å². The zero-order valence-corrected chi connectivity index (χ0v) is 8.25. The van der Waals surface area contributed by atoms with E-state index < -0.39 is 0 Å². The second-order valence-electron chi connectivity index (χ2n) is 2.50. The molecule has 0 aliphatic heterocycles. The van der Waals surface area contributed by atoms with Crippen LogP contribution in [-0.2, 0) is 0 Å². The number of aromatic nitrogens is 2. The lowest BCUT2D eigenvalue weighted by Gasteiger charge is -2.04. The van der Waals surface area contributed by atoms with Crippen molar-refractivity contribution in [3.05, 3.63) is 29.0 Å². The molecule has 0 spiro atoms. The Morgan fingerprint density at radius 3 is 2.92 bits per heavy atom. The van der Waals surface area contributed by atoms with E-state index in [1.54, 1.807) is 0 Å². The second-order valence-corrected chi connectivity index (χ2v) is 3.35. The van der Waals surface area contributed by atoms with Crippen LogP contribution in [-0.4, -0.2) is 9.97 Å². The molecule has 0 unspecified atom stereocenters. The molecule has 0 saturated carbocycles. The lowest BCUT2D eigenvalue weighted by molar-refractivity contribution is 1.18. The highest BCUT2D eigenvalue weighted by atomic mass is 79.9. The van der Waals surface area contributed by atoms with Crippen molar-refractivity contribution in [2.75, 3.05) is 5.43 Å².